The van der Waals surface area contributed by atoms with Crippen LogP contribution in [0.2, 0.25) is 0 Å². The molecule has 0 radical (unpaired) electrons. The molecule has 132 valence electrons. The summed E-state index contributed by atoms with van der Waals surface area (Å²) in [6, 6.07) is 15.0. The molecule has 5 nitrogen and oxygen atoms in total. The number of hydrogen-bond acceptors (Lipinski definition) is 4. The van der Waals surface area contributed by atoms with Crippen LogP contribution in [0.4, 0.5) is 5.69 Å². The molecular formula is C20H19N3O2S. The summed E-state index contributed by atoms with van der Waals surface area (Å²) in [5.41, 5.74) is 3.92. The number of nitrogens with one attached hydrogen (secondary N) is 2. The highest BCUT2D eigenvalue weighted by atomic mass is 32.1. The first-order chi connectivity index (χ1) is 12.5. The monoisotopic (exact) mass is 365 g/mol. The average molecular weight is 365 g/mol. The molecule has 26 heavy (non-hydrogen) atoms. The number of ether oxygens (including phenoxy) is 1. The van der Waals surface area contributed by atoms with E-state index in [0.717, 1.165) is 27.8 Å². The number of anilines is 1. The summed E-state index contributed by atoms with van der Waals surface area (Å²) in [4.78, 5) is 17.1. The molecule has 0 bridgehead atoms. The molecule has 2 N–H and O–H groups in total. The van der Waals surface area contributed by atoms with Gasteiger partial charge in [-0.05, 0) is 62.0 Å². The fraction of sp³-hybridized carbons (Fsp3) is 0.150. The van der Waals surface area contributed by atoms with Gasteiger partial charge < -0.3 is 10.1 Å². The highest BCUT2D eigenvalue weighted by Crippen LogP contribution is 2.24. The Morgan fingerprint density at radius 1 is 1.08 bits per heavy atom. The van der Waals surface area contributed by atoms with E-state index in [9.17, 15) is 4.79 Å². The van der Waals surface area contributed by atoms with Crippen molar-refractivity contribution in [3.05, 3.63) is 65.4 Å². The van der Waals surface area contributed by atoms with Gasteiger partial charge in [0.25, 0.3) is 5.91 Å². The summed E-state index contributed by atoms with van der Waals surface area (Å²) < 4.78 is 5.33. The third-order valence-electron chi connectivity index (χ3n) is 4.01. The SMILES string of the molecule is COc1c(C)cccc1C(=O)NC(=S)Nc1cccc2nc(C)ccc12. The zero-order valence-corrected chi connectivity index (χ0v) is 15.6. The molecule has 0 saturated carbocycles. The van der Waals surface area contributed by atoms with E-state index in [2.05, 4.69) is 15.6 Å². The van der Waals surface area contributed by atoms with Crippen LogP contribution in [0.3, 0.4) is 0 Å². The largest absolute Gasteiger partial charge is 0.496 e. The van der Waals surface area contributed by atoms with Crippen LogP contribution in [0, 0.1) is 13.8 Å². The second kappa shape index (κ2) is 7.49. The van der Waals surface area contributed by atoms with Gasteiger partial charge in [0, 0.05) is 16.8 Å². The quantitative estimate of drug-likeness (QED) is 0.687. The number of pyridine rings is 1. The number of aromatic nitrogens is 1. The van der Waals surface area contributed by atoms with E-state index in [4.69, 9.17) is 17.0 Å². The Morgan fingerprint density at radius 3 is 2.62 bits per heavy atom. The summed E-state index contributed by atoms with van der Waals surface area (Å²) >= 11 is 5.31. The lowest BCUT2D eigenvalue weighted by atomic mass is 10.1. The van der Waals surface area contributed by atoms with Crippen LogP contribution >= 0.6 is 12.2 Å². The molecule has 3 aromatic rings. The van der Waals surface area contributed by atoms with Gasteiger partial charge >= 0.3 is 0 Å². The molecule has 1 amide bonds. The predicted octanol–water partition coefficient (Wildman–Crippen LogP) is 3.99. The maximum absolute atomic E-state index is 12.6. The van der Waals surface area contributed by atoms with Crippen LogP contribution in [0.25, 0.3) is 10.9 Å². The summed E-state index contributed by atoms with van der Waals surface area (Å²) in [6.07, 6.45) is 0. The van der Waals surface area contributed by atoms with Gasteiger partial charge in [-0.3, -0.25) is 15.1 Å². The van der Waals surface area contributed by atoms with Gasteiger partial charge in [-0.1, -0.05) is 18.2 Å². The van der Waals surface area contributed by atoms with Crippen molar-refractivity contribution < 1.29 is 9.53 Å². The zero-order chi connectivity index (χ0) is 18.7. The number of benzene rings is 2. The Kier molecular flexibility index (Phi) is 5.14. The van der Waals surface area contributed by atoms with Gasteiger partial charge in [0.1, 0.15) is 5.75 Å². The zero-order valence-electron chi connectivity index (χ0n) is 14.8. The maximum atomic E-state index is 12.6. The van der Waals surface area contributed by atoms with Gasteiger partial charge in [-0.2, -0.15) is 0 Å². The van der Waals surface area contributed by atoms with Crippen molar-refractivity contribution in [2.75, 3.05) is 12.4 Å². The summed E-state index contributed by atoms with van der Waals surface area (Å²) in [5, 5.41) is 6.93. The number of rotatable bonds is 3. The summed E-state index contributed by atoms with van der Waals surface area (Å²) in [5.74, 6) is 0.217. The van der Waals surface area contributed by atoms with E-state index in [1.807, 2.05) is 56.3 Å². The Labute approximate surface area is 157 Å². The molecule has 0 spiro atoms. The Morgan fingerprint density at radius 2 is 1.85 bits per heavy atom. The summed E-state index contributed by atoms with van der Waals surface area (Å²) in [7, 11) is 1.54. The number of amides is 1. The van der Waals surface area contributed by atoms with E-state index >= 15 is 0 Å². The lowest BCUT2D eigenvalue weighted by Gasteiger charge is -2.14. The van der Waals surface area contributed by atoms with Gasteiger partial charge in [-0.15, -0.1) is 0 Å². The van der Waals surface area contributed by atoms with Crippen LogP contribution in [-0.2, 0) is 0 Å². The fourth-order valence-electron chi connectivity index (χ4n) is 2.79. The summed E-state index contributed by atoms with van der Waals surface area (Å²) in [6.45, 7) is 3.83. The molecule has 1 heterocycles. The van der Waals surface area contributed by atoms with Crippen molar-refractivity contribution >= 4 is 39.8 Å². The number of aryl methyl sites for hydroxylation is 2. The van der Waals surface area contributed by atoms with Crippen molar-refractivity contribution in [2.45, 2.75) is 13.8 Å². The third kappa shape index (κ3) is 3.65. The van der Waals surface area contributed by atoms with Gasteiger partial charge in [-0.25, -0.2) is 0 Å². The number of thiocarbonyl (C=S) groups is 1. The van der Waals surface area contributed by atoms with Crippen LogP contribution in [0.15, 0.2) is 48.5 Å². The molecule has 2 aromatic carbocycles. The normalized spacial score (nSPS) is 10.4. The number of nitrogens with zero attached hydrogens (tertiary/aromatic N) is 1. The topological polar surface area (TPSA) is 63.2 Å². The van der Waals surface area contributed by atoms with E-state index < -0.39 is 0 Å². The van der Waals surface area contributed by atoms with E-state index in [1.54, 1.807) is 13.2 Å². The van der Waals surface area contributed by atoms with Crippen molar-refractivity contribution in [3.8, 4) is 5.75 Å². The minimum atomic E-state index is -0.322. The molecular weight excluding hydrogens is 346 g/mol. The molecule has 0 saturated heterocycles. The highest BCUT2D eigenvalue weighted by molar-refractivity contribution is 7.80. The average Bonchev–Trinajstić information content (AvgIpc) is 2.61. The van der Waals surface area contributed by atoms with Crippen molar-refractivity contribution in [1.82, 2.24) is 10.3 Å². The molecule has 0 aliphatic rings. The molecule has 0 aliphatic carbocycles. The molecule has 1 aromatic heterocycles. The number of fused-ring (bicyclic) bond motifs is 1. The molecule has 0 aliphatic heterocycles. The second-order valence-electron chi connectivity index (χ2n) is 5.89. The van der Waals surface area contributed by atoms with Crippen LogP contribution < -0.4 is 15.4 Å². The first kappa shape index (κ1) is 17.8. The van der Waals surface area contributed by atoms with Crippen molar-refractivity contribution in [3.63, 3.8) is 0 Å². The Hall–Kier alpha value is -2.99. The van der Waals surface area contributed by atoms with Gasteiger partial charge in [0.2, 0.25) is 0 Å². The van der Waals surface area contributed by atoms with Crippen molar-refractivity contribution in [2.24, 2.45) is 0 Å². The lowest BCUT2D eigenvalue weighted by molar-refractivity contribution is 0.0974. The minimum absolute atomic E-state index is 0.214. The lowest BCUT2D eigenvalue weighted by Crippen LogP contribution is -2.34. The van der Waals surface area contributed by atoms with Gasteiger partial charge in [0.05, 0.1) is 18.2 Å². The highest BCUT2D eigenvalue weighted by Gasteiger charge is 2.15. The number of methoxy groups -OCH3 is 1. The van der Waals surface area contributed by atoms with Gasteiger partial charge in [0.15, 0.2) is 5.11 Å². The molecule has 0 atom stereocenters. The second-order valence-corrected chi connectivity index (χ2v) is 6.30. The van der Waals surface area contributed by atoms with Crippen LogP contribution in [-0.4, -0.2) is 23.1 Å². The number of para-hydroxylation sites is 1. The maximum Gasteiger partial charge on any atom is 0.261 e. The number of hydrogen-bond donors (Lipinski definition) is 2. The first-order valence-corrected chi connectivity index (χ1v) is 8.52. The number of carbonyl (C=O) groups excluding carboxylic acids is 1. The van der Waals surface area contributed by atoms with Crippen LogP contribution in [0.1, 0.15) is 21.6 Å². The van der Waals surface area contributed by atoms with E-state index in [1.165, 1.54) is 0 Å². The smallest absolute Gasteiger partial charge is 0.261 e. The van der Waals surface area contributed by atoms with E-state index in [0.29, 0.717) is 11.3 Å². The Bertz CT molecular complexity index is 1000. The van der Waals surface area contributed by atoms with Crippen LogP contribution in [0.5, 0.6) is 5.75 Å². The fourth-order valence-corrected chi connectivity index (χ4v) is 2.99. The third-order valence-corrected chi connectivity index (χ3v) is 4.21. The molecule has 6 heteroatoms. The molecule has 3 rings (SSSR count). The van der Waals surface area contributed by atoms with E-state index in [-0.39, 0.29) is 11.0 Å². The standard InChI is InChI=1S/C20H19N3O2S/c1-12-6-4-7-15(18(12)25-3)19(24)23-20(26)22-17-9-5-8-16-14(17)11-10-13(2)21-16/h4-11H,1-3H3,(H2,22,23,24,26). The molecule has 0 unspecified atom stereocenters. The molecule has 0 fully saturated rings. The predicted molar refractivity (Wildman–Crippen MR) is 108 cm³/mol. The van der Waals surface area contributed by atoms with Crippen molar-refractivity contribution in [1.29, 1.82) is 0 Å². The Balaban J connectivity index is 1.80. The minimum Gasteiger partial charge on any atom is -0.496 e. The first-order valence-electron chi connectivity index (χ1n) is 8.12. The number of carbonyl (C=O) groups is 1.